The quantitative estimate of drug-likeness (QED) is 0.570. The van der Waals surface area contributed by atoms with Crippen LogP contribution in [0.25, 0.3) is 5.82 Å². The highest BCUT2D eigenvalue weighted by Crippen LogP contribution is 2.43. The second kappa shape index (κ2) is 8.47. The van der Waals surface area contributed by atoms with Crippen molar-refractivity contribution >= 4 is 35.6 Å². The summed E-state index contributed by atoms with van der Waals surface area (Å²) in [5.41, 5.74) is 3.84. The maximum absolute atomic E-state index is 13.4. The first-order chi connectivity index (χ1) is 16.0. The molecular weight excluding hydrogens is 436 g/mol. The third-order valence-electron chi connectivity index (χ3n) is 6.16. The van der Waals surface area contributed by atoms with Crippen LogP contribution >= 0.6 is 11.8 Å². The summed E-state index contributed by atoms with van der Waals surface area (Å²) in [7, 11) is 1.70. The fourth-order valence-electron chi connectivity index (χ4n) is 4.77. The lowest BCUT2D eigenvalue weighted by Gasteiger charge is -2.34. The van der Waals surface area contributed by atoms with Crippen LogP contribution in [0.15, 0.2) is 47.6 Å². The molecule has 0 saturated heterocycles. The Balaban J connectivity index is 1.60. The number of aliphatic imine (C=N–C) groups is 1. The van der Waals surface area contributed by atoms with E-state index in [-0.39, 0.29) is 17.6 Å². The summed E-state index contributed by atoms with van der Waals surface area (Å²) >= 11 is 1.41. The fourth-order valence-corrected chi connectivity index (χ4v) is 5.10. The van der Waals surface area contributed by atoms with Crippen LogP contribution in [0.2, 0.25) is 0 Å². The standard InChI is InChI=1S/C24H24N6O2S/c1-25-12-15-7-8-19(26-13-15)30-22(27-20(31)14-33-2)21-18(29-30)11-24(28-23(21)32)10-9-16-5-3-4-6-17(16)24/h3-8,12-13H,9-11,14H2,1-2H3,(H,27,31)(H,28,32)/b25-12+/t24-/m0/s1. The van der Waals surface area contributed by atoms with E-state index in [1.54, 1.807) is 30.2 Å². The minimum absolute atomic E-state index is 0.194. The van der Waals surface area contributed by atoms with Crippen molar-refractivity contribution in [1.29, 1.82) is 0 Å². The molecule has 0 bridgehead atoms. The maximum Gasteiger partial charge on any atom is 0.257 e. The highest BCUT2D eigenvalue weighted by molar-refractivity contribution is 7.99. The first-order valence-corrected chi connectivity index (χ1v) is 12.1. The highest BCUT2D eigenvalue weighted by Gasteiger charge is 2.46. The van der Waals surface area contributed by atoms with Gasteiger partial charge in [0.1, 0.15) is 5.56 Å². The summed E-state index contributed by atoms with van der Waals surface area (Å²) in [4.78, 5) is 34.4. The van der Waals surface area contributed by atoms with Gasteiger partial charge < -0.3 is 10.6 Å². The van der Waals surface area contributed by atoms with Gasteiger partial charge in [0.05, 0.1) is 17.0 Å². The van der Waals surface area contributed by atoms with Crippen molar-refractivity contribution in [3.05, 3.63) is 70.5 Å². The Morgan fingerprint density at radius 3 is 2.94 bits per heavy atom. The van der Waals surface area contributed by atoms with Gasteiger partial charge in [-0.15, -0.1) is 0 Å². The zero-order valence-corrected chi connectivity index (χ0v) is 19.3. The first-order valence-electron chi connectivity index (χ1n) is 10.7. The Hall–Kier alpha value is -3.46. The van der Waals surface area contributed by atoms with Gasteiger partial charge in [-0.1, -0.05) is 24.3 Å². The van der Waals surface area contributed by atoms with E-state index in [2.05, 4.69) is 32.7 Å². The molecule has 0 radical (unpaired) electrons. The van der Waals surface area contributed by atoms with Crippen molar-refractivity contribution in [1.82, 2.24) is 20.1 Å². The molecule has 3 aromatic rings. The first kappa shape index (κ1) is 21.4. The fraction of sp³-hybridized carbons (Fsp3) is 0.292. The molecule has 33 heavy (non-hydrogen) atoms. The second-order valence-electron chi connectivity index (χ2n) is 8.27. The SMILES string of the molecule is C/N=C/c1ccc(-n2nc3c(c2NC(=O)CSC)C(=O)N[C@@]2(CCc4ccccc42)C3)nc1. The molecule has 5 rings (SSSR count). The predicted octanol–water partition coefficient (Wildman–Crippen LogP) is 2.75. The van der Waals surface area contributed by atoms with Gasteiger partial charge >= 0.3 is 0 Å². The van der Waals surface area contributed by atoms with Gasteiger partial charge in [0, 0.05) is 31.4 Å². The van der Waals surface area contributed by atoms with Crippen LogP contribution in [0.1, 0.15) is 39.2 Å². The zero-order chi connectivity index (χ0) is 23.0. The molecule has 2 aliphatic rings. The van der Waals surface area contributed by atoms with E-state index >= 15 is 0 Å². The number of amides is 2. The van der Waals surface area contributed by atoms with Crippen molar-refractivity contribution < 1.29 is 9.59 Å². The zero-order valence-electron chi connectivity index (χ0n) is 18.5. The van der Waals surface area contributed by atoms with Crippen molar-refractivity contribution in [2.45, 2.75) is 24.8 Å². The Labute approximate surface area is 195 Å². The molecule has 1 aliphatic heterocycles. The van der Waals surface area contributed by atoms with Gasteiger partial charge in [0.2, 0.25) is 5.91 Å². The number of hydrogen-bond donors (Lipinski definition) is 2. The molecule has 2 aromatic heterocycles. The van der Waals surface area contributed by atoms with E-state index in [0.717, 1.165) is 24.0 Å². The molecule has 8 nitrogen and oxygen atoms in total. The van der Waals surface area contributed by atoms with Crippen molar-refractivity contribution in [2.24, 2.45) is 4.99 Å². The lowest BCUT2D eigenvalue weighted by atomic mass is 9.83. The van der Waals surface area contributed by atoms with Gasteiger partial charge in [0.15, 0.2) is 11.6 Å². The van der Waals surface area contributed by atoms with Gasteiger partial charge in [-0.3, -0.25) is 14.6 Å². The van der Waals surface area contributed by atoms with Crippen LogP contribution in [-0.4, -0.2) is 51.8 Å². The molecule has 168 valence electrons. The number of nitrogens with zero attached hydrogens (tertiary/aromatic N) is 4. The highest BCUT2D eigenvalue weighted by atomic mass is 32.2. The number of benzene rings is 1. The molecule has 0 saturated carbocycles. The number of hydrogen-bond acceptors (Lipinski definition) is 6. The number of nitrogens with one attached hydrogen (secondary N) is 2. The Morgan fingerprint density at radius 1 is 1.33 bits per heavy atom. The summed E-state index contributed by atoms with van der Waals surface area (Å²) in [5.74, 6) is 0.727. The number of carbonyl (C=O) groups is 2. The number of carbonyl (C=O) groups excluding carboxylic acids is 2. The van der Waals surface area contributed by atoms with Crippen LogP contribution < -0.4 is 10.6 Å². The predicted molar refractivity (Wildman–Crippen MR) is 129 cm³/mol. The van der Waals surface area contributed by atoms with Gasteiger partial charge in [-0.2, -0.15) is 21.5 Å². The van der Waals surface area contributed by atoms with E-state index in [9.17, 15) is 9.59 Å². The minimum Gasteiger partial charge on any atom is -0.342 e. The van der Waals surface area contributed by atoms with E-state index < -0.39 is 5.54 Å². The van der Waals surface area contributed by atoms with Gasteiger partial charge in [-0.25, -0.2) is 4.98 Å². The molecule has 0 fully saturated rings. The number of rotatable bonds is 5. The lowest BCUT2D eigenvalue weighted by Crippen LogP contribution is -2.49. The summed E-state index contributed by atoms with van der Waals surface area (Å²) in [6, 6.07) is 11.9. The molecule has 2 N–H and O–H groups in total. The Bertz CT molecular complexity index is 1270. The molecule has 1 aromatic carbocycles. The van der Waals surface area contributed by atoms with Crippen LogP contribution in [0.4, 0.5) is 5.82 Å². The summed E-state index contributed by atoms with van der Waals surface area (Å²) < 4.78 is 1.56. The minimum atomic E-state index is -0.477. The van der Waals surface area contributed by atoms with Crippen molar-refractivity contribution in [3.63, 3.8) is 0 Å². The van der Waals surface area contributed by atoms with E-state index in [1.165, 1.54) is 17.3 Å². The number of aryl methyl sites for hydroxylation is 1. The van der Waals surface area contributed by atoms with Gasteiger partial charge in [-0.05, 0) is 42.4 Å². The largest absolute Gasteiger partial charge is 0.342 e. The molecule has 2 amide bonds. The van der Waals surface area contributed by atoms with E-state index in [0.29, 0.717) is 29.3 Å². The van der Waals surface area contributed by atoms with Crippen molar-refractivity contribution in [2.75, 3.05) is 24.4 Å². The molecule has 9 heteroatoms. The normalized spacial score (nSPS) is 18.9. The average Bonchev–Trinajstić information content (AvgIpc) is 3.34. The second-order valence-corrected chi connectivity index (χ2v) is 9.14. The summed E-state index contributed by atoms with van der Waals surface area (Å²) in [6.45, 7) is 0. The third-order valence-corrected chi connectivity index (χ3v) is 6.71. The lowest BCUT2D eigenvalue weighted by molar-refractivity contribution is -0.113. The smallest absolute Gasteiger partial charge is 0.257 e. The van der Waals surface area contributed by atoms with E-state index in [1.807, 2.05) is 24.5 Å². The molecule has 1 atom stereocenters. The monoisotopic (exact) mass is 460 g/mol. The van der Waals surface area contributed by atoms with Crippen molar-refractivity contribution in [3.8, 4) is 5.82 Å². The number of fused-ring (bicyclic) bond motifs is 3. The summed E-state index contributed by atoms with van der Waals surface area (Å²) in [6.07, 6.45) is 7.54. The van der Waals surface area contributed by atoms with Gasteiger partial charge in [0.25, 0.3) is 5.91 Å². The molecule has 3 heterocycles. The van der Waals surface area contributed by atoms with Crippen LogP contribution in [-0.2, 0) is 23.2 Å². The maximum atomic E-state index is 13.4. The Morgan fingerprint density at radius 2 is 2.18 bits per heavy atom. The van der Waals surface area contributed by atoms with Crippen LogP contribution in [0.3, 0.4) is 0 Å². The molecular formula is C24H24N6O2S. The summed E-state index contributed by atoms with van der Waals surface area (Å²) in [5, 5.41) is 10.9. The number of anilines is 1. The molecule has 1 aliphatic carbocycles. The molecule has 0 unspecified atom stereocenters. The van der Waals surface area contributed by atoms with Crippen LogP contribution in [0, 0.1) is 0 Å². The van der Waals surface area contributed by atoms with E-state index in [4.69, 9.17) is 5.10 Å². The Kier molecular flexibility index (Phi) is 5.49. The van der Waals surface area contributed by atoms with Crippen LogP contribution in [0.5, 0.6) is 0 Å². The number of thioether (sulfide) groups is 1. The molecule has 1 spiro atoms. The number of aromatic nitrogens is 3. The average molecular weight is 461 g/mol. The topological polar surface area (TPSA) is 101 Å². The number of pyridine rings is 1. The third kappa shape index (κ3) is 3.72.